The third-order valence-electron chi connectivity index (χ3n) is 4.52. The predicted octanol–water partition coefficient (Wildman–Crippen LogP) is 1.54. The third-order valence-corrected chi connectivity index (χ3v) is 4.84. The van der Waals surface area contributed by atoms with E-state index in [1.54, 1.807) is 6.07 Å². The molecule has 0 bridgehead atoms. The minimum atomic E-state index is -0.814. The Morgan fingerprint density at radius 1 is 1.31 bits per heavy atom. The molecule has 7 nitrogen and oxygen atoms in total. The third kappa shape index (κ3) is 4.27. The molecule has 0 spiro atoms. The molecule has 1 heterocycles. The average molecular weight is 381 g/mol. The Morgan fingerprint density at radius 3 is 2.50 bits per heavy atom. The van der Waals surface area contributed by atoms with Gasteiger partial charge in [0.05, 0.1) is 10.7 Å². The minimum absolute atomic E-state index is 0.268. The Morgan fingerprint density at radius 2 is 1.96 bits per heavy atom. The Balaban J connectivity index is 2.24. The Labute approximate surface area is 158 Å². The summed E-state index contributed by atoms with van der Waals surface area (Å²) in [6, 6.07) is 3.09. The Hall–Kier alpha value is -2.28. The highest BCUT2D eigenvalue weighted by Gasteiger charge is 2.41. The summed E-state index contributed by atoms with van der Waals surface area (Å²) in [7, 11) is 0. The van der Waals surface area contributed by atoms with Crippen LogP contribution < -0.4 is 16.8 Å². The average Bonchev–Trinajstić information content (AvgIpc) is 3.03. The molecule has 0 unspecified atom stereocenters. The summed E-state index contributed by atoms with van der Waals surface area (Å²) in [6.45, 7) is 5.99. The van der Waals surface area contributed by atoms with Gasteiger partial charge in [0.25, 0.3) is 5.91 Å². The number of amides is 3. The number of halogens is 1. The molecule has 1 saturated heterocycles. The lowest BCUT2D eigenvalue weighted by atomic mass is 9.85. The number of carbonyl (C=O) groups is 3. The summed E-state index contributed by atoms with van der Waals surface area (Å²) in [4.78, 5) is 38.8. The molecule has 1 aliphatic heterocycles. The molecular formula is C18H25ClN4O3. The molecule has 2 rings (SSSR count). The molecule has 1 fully saturated rings. The number of nitrogen functional groups attached to an aromatic ring is 1. The molecular weight excluding hydrogens is 356 g/mol. The van der Waals surface area contributed by atoms with E-state index < -0.39 is 29.3 Å². The summed E-state index contributed by atoms with van der Waals surface area (Å²) < 4.78 is 0. The van der Waals surface area contributed by atoms with Crippen LogP contribution in [0.2, 0.25) is 5.02 Å². The molecule has 2 atom stereocenters. The van der Waals surface area contributed by atoms with Gasteiger partial charge in [0, 0.05) is 12.1 Å². The monoisotopic (exact) mass is 380 g/mol. The van der Waals surface area contributed by atoms with E-state index in [0.29, 0.717) is 30.6 Å². The van der Waals surface area contributed by atoms with Gasteiger partial charge in [-0.3, -0.25) is 14.4 Å². The summed E-state index contributed by atoms with van der Waals surface area (Å²) in [5, 5.41) is 3.04. The van der Waals surface area contributed by atoms with E-state index in [9.17, 15) is 14.4 Å². The van der Waals surface area contributed by atoms with E-state index in [-0.39, 0.29) is 10.9 Å². The van der Waals surface area contributed by atoms with Crippen LogP contribution in [0.4, 0.5) is 5.69 Å². The molecule has 1 aromatic rings. The zero-order valence-corrected chi connectivity index (χ0v) is 16.0. The van der Waals surface area contributed by atoms with Gasteiger partial charge in [-0.15, -0.1) is 0 Å². The first-order valence-electron chi connectivity index (χ1n) is 8.48. The summed E-state index contributed by atoms with van der Waals surface area (Å²) in [5.41, 5.74) is 11.2. The standard InChI is InChI=1S/C18H25ClN4O3/c1-18(2,3)14(17(26)23-8-4-5-13(23)15(21)24)22-16(25)10-6-7-12(20)11(19)9-10/h6-7,9,13-14H,4-5,8,20H2,1-3H3,(H2,21,24)(H,22,25)/t13-,14+/m0/s1. The lowest BCUT2D eigenvalue weighted by Gasteiger charge is -2.35. The molecule has 1 aliphatic rings. The van der Waals surface area contributed by atoms with Gasteiger partial charge >= 0.3 is 0 Å². The van der Waals surface area contributed by atoms with Crippen molar-refractivity contribution < 1.29 is 14.4 Å². The fraction of sp³-hybridized carbons (Fsp3) is 0.500. The van der Waals surface area contributed by atoms with Crippen molar-refractivity contribution in [3.8, 4) is 0 Å². The maximum Gasteiger partial charge on any atom is 0.252 e. The fourth-order valence-corrected chi connectivity index (χ4v) is 3.20. The van der Waals surface area contributed by atoms with Gasteiger partial charge in [-0.2, -0.15) is 0 Å². The molecule has 1 aromatic carbocycles. The molecule has 0 radical (unpaired) electrons. The molecule has 0 aromatic heterocycles. The number of nitrogens with zero attached hydrogens (tertiary/aromatic N) is 1. The minimum Gasteiger partial charge on any atom is -0.398 e. The van der Waals surface area contributed by atoms with Crippen molar-refractivity contribution in [1.29, 1.82) is 0 Å². The molecule has 0 saturated carbocycles. The van der Waals surface area contributed by atoms with Crippen molar-refractivity contribution in [2.45, 2.75) is 45.7 Å². The van der Waals surface area contributed by atoms with Crippen LogP contribution >= 0.6 is 11.6 Å². The van der Waals surface area contributed by atoms with Crippen molar-refractivity contribution in [1.82, 2.24) is 10.2 Å². The number of primary amides is 1. The number of nitrogens with one attached hydrogen (secondary N) is 1. The second-order valence-electron chi connectivity index (χ2n) is 7.60. The normalized spacial score (nSPS) is 18.5. The van der Waals surface area contributed by atoms with Crippen LogP contribution in [0.25, 0.3) is 0 Å². The first-order valence-corrected chi connectivity index (χ1v) is 8.86. The van der Waals surface area contributed by atoms with E-state index in [2.05, 4.69) is 5.32 Å². The number of anilines is 1. The van der Waals surface area contributed by atoms with Crippen LogP contribution in [-0.2, 0) is 9.59 Å². The smallest absolute Gasteiger partial charge is 0.252 e. The van der Waals surface area contributed by atoms with Crippen molar-refractivity contribution >= 4 is 35.0 Å². The number of likely N-dealkylation sites (tertiary alicyclic amines) is 1. The second kappa shape index (κ2) is 7.53. The van der Waals surface area contributed by atoms with Gasteiger partial charge < -0.3 is 21.7 Å². The highest BCUT2D eigenvalue weighted by Crippen LogP contribution is 2.26. The molecule has 8 heteroatoms. The van der Waals surface area contributed by atoms with Crippen LogP contribution in [0.15, 0.2) is 18.2 Å². The van der Waals surface area contributed by atoms with E-state index in [0.717, 1.165) is 0 Å². The number of rotatable bonds is 4. The summed E-state index contributed by atoms with van der Waals surface area (Å²) >= 11 is 5.97. The second-order valence-corrected chi connectivity index (χ2v) is 8.01. The van der Waals surface area contributed by atoms with Crippen LogP contribution in [-0.4, -0.2) is 41.2 Å². The molecule has 142 valence electrons. The van der Waals surface area contributed by atoms with Gasteiger partial charge in [-0.1, -0.05) is 32.4 Å². The maximum atomic E-state index is 13.1. The number of hydrogen-bond donors (Lipinski definition) is 3. The first-order chi connectivity index (χ1) is 12.0. The van der Waals surface area contributed by atoms with Crippen LogP contribution in [0.1, 0.15) is 44.0 Å². The molecule has 3 amide bonds. The fourth-order valence-electron chi connectivity index (χ4n) is 3.02. The highest BCUT2D eigenvalue weighted by molar-refractivity contribution is 6.33. The van der Waals surface area contributed by atoms with E-state index in [1.807, 2.05) is 20.8 Å². The van der Waals surface area contributed by atoms with Gasteiger partial charge in [-0.05, 0) is 36.5 Å². The summed E-state index contributed by atoms with van der Waals surface area (Å²) in [6.07, 6.45) is 1.25. The van der Waals surface area contributed by atoms with Gasteiger partial charge in [0.1, 0.15) is 12.1 Å². The lowest BCUT2D eigenvalue weighted by Crippen LogP contribution is -2.57. The van der Waals surface area contributed by atoms with E-state index >= 15 is 0 Å². The summed E-state index contributed by atoms with van der Waals surface area (Å²) in [5.74, 6) is -1.27. The number of benzene rings is 1. The molecule has 5 N–H and O–H groups in total. The van der Waals surface area contributed by atoms with Crippen molar-refractivity contribution in [3.63, 3.8) is 0 Å². The zero-order chi connectivity index (χ0) is 19.6. The van der Waals surface area contributed by atoms with Gasteiger partial charge in [0.2, 0.25) is 11.8 Å². The molecule has 26 heavy (non-hydrogen) atoms. The van der Waals surface area contributed by atoms with Crippen molar-refractivity contribution in [3.05, 3.63) is 28.8 Å². The van der Waals surface area contributed by atoms with Crippen LogP contribution in [0.3, 0.4) is 0 Å². The number of hydrogen-bond acceptors (Lipinski definition) is 4. The quantitative estimate of drug-likeness (QED) is 0.686. The molecule has 0 aliphatic carbocycles. The van der Waals surface area contributed by atoms with Crippen molar-refractivity contribution in [2.24, 2.45) is 11.1 Å². The number of nitrogens with two attached hydrogens (primary N) is 2. The van der Waals surface area contributed by atoms with Gasteiger partial charge in [0.15, 0.2) is 0 Å². The predicted molar refractivity (Wildman–Crippen MR) is 101 cm³/mol. The topological polar surface area (TPSA) is 119 Å². The van der Waals surface area contributed by atoms with E-state index in [4.69, 9.17) is 23.1 Å². The first kappa shape index (κ1) is 20.0. The van der Waals surface area contributed by atoms with Crippen LogP contribution in [0, 0.1) is 5.41 Å². The highest BCUT2D eigenvalue weighted by atomic mass is 35.5. The largest absolute Gasteiger partial charge is 0.398 e. The Kier molecular flexibility index (Phi) is 5.81. The zero-order valence-electron chi connectivity index (χ0n) is 15.2. The number of carbonyl (C=O) groups excluding carboxylic acids is 3. The Bertz CT molecular complexity index is 730. The SMILES string of the molecule is CC(C)(C)[C@H](NC(=O)c1ccc(N)c(Cl)c1)C(=O)N1CCC[C@H]1C(N)=O. The van der Waals surface area contributed by atoms with Gasteiger partial charge in [-0.25, -0.2) is 0 Å². The van der Waals surface area contributed by atoms with Crippen molar-refractivity contribution in [2.75, 3.05) is 12.3 Å². The van der Waals surface area contributed by atoms with E-state index in [1.165, 1.54) is 17.0 Å². The van der Waals surface area contributed by atoms with Crippen LogP contribution in [0.5, 0.6) is 0 Å². The maximum absolute atomic E-state index is 13.1. The lowest BCUT2D eigenvalue weighted by molar-refractivity contribution is -0.140.